The molecule has 178 valence electrons. The average molecular weight is 475 g/mol. The number of carbonyl (C=O) groups is 2. The fourth-order valence-corrected chi connectivity index (χ4v) is 5.44. The Bertz CT molecular complexity index is 1130. The molecule has 2 amide bonds. The third-order valence-electron chi connectivity index (χ3n) is 6.18. The van der Waals surface area contributed by atoms with Gasteiger partial charge in [-0.15, -0.1) is 0 Å². The highest BCUT2D eigenvalue weighted by Crippen LogP contribution is 2.40. The van der Waals surface area contributed by atoms with E-state index in [-0.39, 0.29) is 35.3 Å². The maximum absolute atomic E-state index is 13.4. The number of nitrogens with zero attached hydrogens (tertiary/aromatic N) is 3. The van der Waals surface area contributed by atoms with Crippen LogP contribution in [0.3, 0.4) is 0 Å². The van der Waals surface area contributed by atoms with Crippen molar-refractivity contribution in [3.8, 4) is 0 Å². The molecule has 2 atom stereocenters. The van der Waals surface area contributed by atoms with E-state index in [1.165, 1.54) is 25.1 Å². The summed E-state index contributed by atoms with van der Waals surface area (Å²) >= 11 is 0. The van der Waals surface area contributed by atoms with E-state index in [1.54, 1.807) is 24.5 Å². The van der Waals surface area contributed by atoms with Gasteiger partial charge in [0.15, 0.2) is 0 Å². The second-order valence-corrected chi connectivity index (χ2v) is 11.0. The Morgan fingerprint density at radius 1 is 1.24 bits per heavy atom. The molecule has 2 aliphatic rings. The van der Waals surface area contributed by atoms with E-state index in [1.807, 2.05) is 17.9 Å². The summed E-state index contributed by atoms with van der Waals surface area (Å²) in [5.41, 5.74) is 1.24. The third kappa shape index (κ3) is 4.63. The molecule has 33 heavy (non-hydrogen) atoms. The van der Waals surface area contributed by atoms with Crippen LogP contribution in [0.25, 0.3) is 0 Å². The van der Waals surface area contributed by atoms with Crippen molar-refractivity contribution in [2.24, 2.45) is 0 Å². The zero-order valence-corrected chi connectivity index (χ0v) is 20.0. The molecule has 1 aromatic heterocycles. The first-order valence-electron chi connectivity index (χ1n) is 11.1. The van der Waals surface area contributed by atoms with Gasteiger partial charge in [0, 0.05) is 33.1 Å². The van der Waals surface area contributed by atoms with Crippen LogP contribution in [-0.4, -0.2) is 63.8 Å². The topological polar surface area (TPSA) is 103 Å². The van der Waals surface area contributed by atoms with Gasteiger partial charge in [0.1, 0.15) is 18.3 Å². The first-order chi connectivity index (χ1) is 15.7. The average Bonchev–Trinajstić information content (AvgIpc) is 3.28. The molecule has 1 N–H and O–H groups in total. The van der Waals surface area contributed by atoms with Crippen molar-refractivity contribution >= 4 is 33.2 Å². The van der Waals surface area contributed by atoms with Gasteiger partial charge in [0.25, 0.3) is 0 Å². The maximum atomic E-state index is 13.4. The number of hydrogen-bond donors (Lipinski definition) is 1. The Hall–Kier alpha value is -2.85. The van der Waals surface area contributed by atoms with Gasteiger partial charge in [-0.05, 0) is 56.5 Å². The van der Waals surface area contributed by atoms with Crippen molar-refractivity contribution < 1.29 is 22.4 Å². The molecule has 2 aromatic rings. The monoisotopic (exact) mass is 474 g/mol. The maximum Gasteiger partial charge on any atom is 0.250 e. The number of hydrogen-bond acceptors (Lipinski definition) is 6. The zero-order chi connectivity index (χ0) is 23.8. The lowest BCUT2D eigenvalue weighted by Crippen LogP contribution is -2.57. The molecule has 0 radical (unpaired) electrons. The van der Waals surface area contributed by atoms with Crippen molar-refractivity contribution in [3.63, 3.8) is 0 Å². The Labute approximate surface area is 194 Å². The van der Waals surface area contributed by atoms with Crippen molar-refractivity contribution in [2.45, 2.75) is 49.6 Å². The molecule has 3 heterocycles. The molecule has 0 bridgehead atoms. The summed E-state index contributed by atoms with van der Waals surface area (Å²) in [6.45, 7) is 2.42. The number of furan rings is 1. The van der Waals surface area contributed by atoms with Gasteiger partial charge in [-0.2, -0.15) is 0 Å². The van der Waals surface area contributed by atoms with Crippen LogP contribution < -0.4 is 15.1 Å². The SMILES string of the molecule is C[C@@H](Cc1ccco1)NC(=O)CN1C(=O)[C@@H]2CCCCN2c2ccc(S(=O)(=O)N(C)C)cc21. The van der Waals surface area contributed by atoms with Gasteiger partial charge in [0.2, 0.25) is 21.8 Å². The predicted octanol–water partition coefficient (Wildman–Crippen LogP) is 1.98. The fraction of sp³-hybridized carbons (Fsp3) is 0.478. The molecule has 0 aliphatic carbocycles. The summed E-state index contributed by atoms with van der Waals surface area (Å²) < 4.78 is 31.9. The third-order valence-corrected chi connectivity index (χ3v) is 7.99. The van der Waals surface area contributed by atoms with E-state index >= 15 is 0 Å². The molecule has 4 rings (SSSR count). The fourth-order valence-electron chi connectivity index (χ4n) is 4.52. The van der Waals surface area contributed by atoms with E-state index < -0.39 is 10.0 Å². The van der Waals surface area contributed by atoms with Gasteiger partial charge in [0.05, 0.1) is 22.5 Å². The molecule has 1 saturated heterocycles. The quantitative estimate of drug-likeness (QED) is 0.658. The summed E-state index contributed by atoms with van der Waals surface area (Å²) in [6.07, 6.45) is 4.73. The van der Waals surface area contributed by atoms with Gasteiger partial charge >= 0.3 is 0 Å². The van der Waals surface area contributed by atoms with E-state index in [0.717, 1.165) is 35.1 Å². The first-order valence-corrected chi connectivity index (χ1v) is 12.6. The standard InChI is InChI=1S/C23H30N4O5S/c1-16(13-17-7-6-12-32-17)24-22(28)15-27-21-14-18(33(30,31)25(2)3)9-10-19(21)26-11-5-4-8-20(26)23(27)29/h6-7,9-10,12,14,16,20H,4-5,8,11,13,15H2,1-3H3,(H,24,28)/t16-,20-/m0/s1. The van der Waals surface area contributed by atoms with Gasteiger partial charge in [-0.3, -0.25) is 14.5 Å². The lowest BCUT2D eigenvalue weighted by Gasteiger charge is -2.45. The highest BCUT2D eigenvalue weighted by Gasteiger charge is 2.40. The van der Waals surface area contributed by atoms with Crippen LogP contribution in [0.2, 0.25) is 0 Å². The summed E-state index contributed by atoms with van der Waals surface area (Å²) in [5, 5.41) is 2.92. The second kappa shape index (κ2) is 9.18. The summed E-state index contributed by atoms with van der Waals surface area (Å²) in [6, 6.07) is 7.94. The normalized spacial score (nSPS) is 19.3. The van der Waals surface area contributed by atoms with Crippen molar-refractivity contribution in [1.82, 2.24) is 9.62 Å². The Balaban J connectivity index is 1.62. The van der Waals surface area contributed by atoms with Crippen LogP contribution >= 0.6 is 0 Å². The van der Waals surface area contributed by atoms with Crippen LogP contribution in [-0.2, 0) is 26.0 Å². The number of sulfonamides is 1. The summed E-state index contributed by atoms with van der Waals surface area (Å²) in [4.78, 5) is 29.9. The molecular formula is C23H30N4O5S. The number of piperidine rings is 1. The predicted molar refractivity (Wildman–Crippen MR) is 125 cm³/mol. The molecule has 10 heteroatoms. The van der Waals surface area contributed by atoms with Crippen molar-refractivity contribution in [1.29, 1.82) is 0 Å². The van der Waals surface area contributed by atoms with Crippen LogP contribution in [0.15, 0.2) is 45.9 Å². The first kappa shape index (κ1) is 23.3. The minimum absolute atomic E-state index is 0.0890. The van der Waals surface area contributed by atoms with Crippen LogP contribution in [0, 0.1) is 0 Å². The smallest absolute Gasteiger partial charge is 0.250 e. The van der Waals surface area contributed by atoms with E-state index in [4.69, 9.17) is 4.42 Å². The highest BCUT2D eigenvalue weighted by atomic mass is 32.2. The van der Waals surface area contributed by atoms with Gasteiger partial charge in [-0.25, -0.2) is 12.7 Å². The Morgan fingerprint density at radius 3 is 2.73 bits per heavy atom. The molecule has 1 fully saturated rings. The number of anilines is 2. The molecule has 2 aliphatic heterocycles. The van der Waals surface area contributed by atoms with Crippen LogP contribution in [0.5, 0.6) is 0 Å². The number of benzene rings is 1. The molecule has 1 aromatic carbocycles. The lowest BCUT2D eigenvalue weighted by atomic mass is 9.96. The number of fused-ring (bicyclic) bond motifs is 3. The van der Waals surface area contributed by atoms with Crippen molar-refractivity contribution in [2.75, 3.05) is 37.0 Å². The minimum atomic E-state index is -3.69. The summed E-state index contributed by atoms with van der Waals surface area (Å²) in [7, 11) is -0.762. The zero-order valence-electron chi connectivity index (χ0n) is 19.2. The molecule has 0 unspecified atom stereocenters. The van der Waals surface area contributed by atoms with Crippen molar-refractivity contribution in [3.05, 3.63) is 42.4 Å². The number of rotatable bonds is 7. The Morgan fingerprint density at radius 2 is 2.03 bits per heavy atom. The van der Waals surface area contributed by atoms with Gasteiger partial charge in [-0.1, -0.05) is 0 Å². The number of amides is 2. The molecule has 0 spiro atoms. The lowest BCUT2D eigenvalue weighted by molar-refractivity contribution is -0.125. The van der Waals surface area contributed by atoms with E-state index in [2.05, 4.69) is 5.32 Å². The molecule has 9 nitrogen and oxygen atoms in total. The number of nitrogens with one attached hydrogen (secondary N) is 1. The van der Waals surface area contributed by atoms with E-state index in [9.17, 15) is 18.0 Å². The Kier molecular flexibility index (Phi) is 6.49. The van der Waals surface area contributed by atoms with E-state index in [0.29, 0.717) is 18.5 Å². The van der Waals surface area contributed by atoms with Crippen LogP contribution in [0.1, 0.15) is 31.9 Å². The van der Waals surface area contributed by atoms with Gasteiger partial charge < -0.3 is 14.6 Å². The second-order valence-electron chi connectivity index (χ2n) is 8.82. The largest absolute Gasteiger partial charge is 0.469 e. The van der Waals surface area contributed by atoms with Crippen LogP contribution in [0.4, 0.5) is 11.4 Å². The highest BCUT2D eigenvalue weighted by molar-refractivity contribution is 7.89. The minimum Gasteiger partial charge on any atom is -0.469 e. The number of carbonyl (C=O) groups excluding carboxylic acids is 2. The molecular weight excluding hydrogens is 444 g/mol. The molecule has 0 saturated carbocycles. The summed E-state index contributed by atoms with van der Waals surface area (Å²) in [5.74, 6) is 0.285.